The van der Waals surface area contributed by atoms with Gasteiger partial charge in [0.15, 0.2) is 17.1 Å². The maximum Gasteiger partial charge on any atom is 0.151 e. The first-order valence-electron chi connectivity index (χ1n) is 16.7. The first-order chi connectivity index (χ1) is 22.1. The average molecular weight is 733 g/mol. The van der Waals surface area contributed by atoms with Gasteiger partial charge in [-0.25, -0.2) is 0 Å². The van der Waals surface area contributed by atoms with E-state index < -0.39 is 7.82 Å². The van der Waals surface area contributed by atoms with Gasteiger partial charge < -0.3 is 19.2 Å². The van der Waals surface area contributed by atoms with Crippen LogP contribution in [-0.2, 0) is 4.57 Å². The van der Waals surface area contributed by atoms with Crippen LogP contribution in [0.4, 0.5) is 17.1 Å². The third-order valence-electron chi connectivity index (χ3n) is 9.54. The van der Waals surface area contributed by atoms with Crippen LogP contribution in [0.15, 0.2) is 72.8 Å². The standard InChI is InChI=1S/3C12H19ClN.H3O4P/c3*1-4-14(5-2,6-3)12-10-8-7-9-11(12)13;1-5(2,3)4/h3*7-10H,4-6H2,1-3H3;(H3,1,2,3,4)/q3*+1;/p-3. The van der Waals surface area contributed by atoms with Gasteiger partial charge in [-0.1, -0.05) is 71.2 Å². The highest BCUT2D eigenvalue weighted by molar-refractivity contribution is 7.40. The molecule has 0 aliphatic heterocycles. The molecule has 7 nitrogen and oxygen atoms in total. The molecule has 0 aromatic heterocycles. The van der Waals surface area contributed by atoms with Crippen molar-refractivity contribution in [2.45, 2.75) is 62.3 Å². The van der Waals surface area contributed by atoms with E-state index in [1.165, 1.54) is 17.1 Å². The van der Waals surface area contributed by atoms with Gasteiger partial charge in [0.2, 0.25) is 0 Å². The topological polar surface area (TPSA) is 86.2 Å². The summed E-state index contributed by atoms with van der Waals surface area (Å²) >= 11 is 18.7. The Hall–Kier alpha value is -1.48. The van der Waals surface area contributed by atoms with E-state index >= 15 is 0 Å². The van der Waals surface area contributed by atoms with E-state index in [-0.39, 0.29) is 0 Å². The smallest absolute Gasteiger partial charge is 0.151 e. The molecule has 0 spiro atoms. The lowest BCUT2D eigenvalue weighted by Crippen LogP contribution is -2.48. The molecule has 0 unspecified atom stereocenters. The molecule has 47 heavy (non-hydrogen) atoms. The van der Waals surface area contributed by atoms with Crippen LogP contribution in [0, 0.1) is 0 Å². The number of para-hydroxylation sites is 3. The summed E-state index contributed by atoms with van der Waals surface area (Å²) in [6.07, 6.45) is 0. The van der Waals surface area contributed by atoms with Crippen LogP contribution in [0.5, 0.6) is 0 Å². The fourth-order valence-corrected chi connectivity index (χ4v) is 7.00. The number of hydrogen-bond acceptors (Lipinski definition) is 4. The minimum atomic E-state index is -5.39. The maximum atomic E-state index is 8.55. The van der Waals surface area contributed by atoms with Crippen LogP contribution in [0.3, 0.4) is 0 Å². The van der Waals surface area contributed by atoms with Gasteiger partial charge >= 0.3 is 0 Å². The van der Waals surface area contributed by atoms with Crippen LogP contribution in [0.1, 0.15) is 62.3 Å². The Kier molecular flexibility index (Phi) is 21.6. The number of rotatable bonds is 12. The first-order valence-corrected chi connectivity index (χ1v) is 19.3. The Morgan fingerprint density at radius 2 is 0.574 bits per heavy atom. The van der Waals surface area contributed by atoms with Gasteiger partial charge in [0, 0.05) is 18.2 Å². The monoisotopic (exact) mass is 731 g/mol. The van der Waals surface area contributed by atoms with E-state index in [2.05, 4.69) is 98.7 Å². The van der Waals surface area contributed by atoms with E-state index in [0.717, 1.165) is 87.4 Å². The van der Waals surface area contributed by atoms with Crippen LogP contribution < -0.4 is 28.1 Å². The lowest BCUT2D eigenvalue weighted by atomic mass is 10.2. The Balaban J connectivity index is 0.000000629. The molecule has 0 saturated heterocycles. The molecule has 3 aromatic carbocycles. The summed E-state index contributed by atoms with van der Waals surface area (Å²) in [7, 11) is -5.39. The van der Waals surface area contributed by atoms with Crippen molar-refractivity contribution in [1.82, 2.24) is 13.4 Å². The maximum absolute atomic E-state index is 8.55. The second-order valence-electron chi connectivity index (χ2n) is 11.1. The molecular formula is C36H57Cl3N3O4P. The van der Waals surface area contributed by atoms with Gasteiger partial charge in [-0.15, -0.1) is 0 Å². The molecule has 11 heteroatoms. The van der Waals surface area contributed by atoms with Gasteiger partial charge in [-0.05, 0) is 80.5 Å². The molecule has 3 aromatic rings. The molecular weight excluding hydrogens is 676 g/mol. The minimum absolute atomic E-state index is 0.887. The van der Waals surface area contributed by atoms with Gasteiger partial charge in [-0.2, -0.15) is 7.82 Å². The third kappa shape index (κ3) is 13.7. The lowest BCUT2D eigenvalue weighted by Gasteiger charge is -2.36. The molecule has 0 N–H and O–H groups in total. The fraction of sp³-hybridized carbons (Fsp3) is 0.500. The molecule has 3 rings (SSSR count). The third-order valence-corrected chi connectivity index (χ3v) is 10.5. The summed E-state index contributed by atoms with van der Waals surface area (Å²) in [5.41, 5.74) is 3.75. The Labute approximate surface area is 300 Å². The van der Waals surface area contributed by atoms with E-state index in [1.807, 2.05) is 36.4 Å². The van der Waals surface area contributed by atoms with Gasteiger partial charge in [-0.3, -0.25) is 13.4 Å². The predicted octanol–water partition coefficient (Wildman–Crippen LogP) is 8.30. The molecule has 0 radical (unpaired) electrons. The summed E-state index contributed by atoms with van der Waals surface area (Å²) in [6.45, 7) is 29.8. The SMILES string of the molecule is CC[N+](CC)(CC)c1ccccc1Cl.CC[N+](CC)(CC)c1ccccc1Cl.CC[N+](CC)(CC)c1ccccc1Cl.O=P([O-])([O-])[O-]. The fourth-order valence-electron chi connectivity index (χ4n) is 6.05. The molecule has 0 atom stereocenters. The first kappa shape index (κ1) is 45.5. The van der Waals surface area contributed by atoms with Crippen LogP contribution in [0.2, 0.25) is 15.1 Å². The zero-order chi connectivity index (χ0) is 36.3. The van der Waals surface area contributed by atoms with E-state index in [1.54, 1.807) is 0 Å². The zero-order valence-electron chi connectivity index (χ0n) is 29.8. The summed E-state index contributed by atoms with van der Waals surface area (Å²) in [6, 6.07) is 24.5. The molecule has 0 aliphatic carbocycles. The lowest BCUT2D eigenvalue weighted by molar-refractivity contribution is -0.432. The highest BCUT2D eigenvalue weighted by atomic mass is 35.5. The Bertz CT molecular complexity index is 1170. The second-order valence-corrected chi connectivity index (χ2v) is 13.2. The molecule has 0 bridgehead atoms. The van der Waals surface area contributed by atoms with Gasteiger partial charge in [0.1, 0.15) is 15.1 Å². The largest absolute Gasteiger partial charge is 0.822 e. The van der Waals surface area contributed by atoms with E-state index in [4.69, 9.17) is 54.0 Å². The van der Waals surface area contributed by atoms with Crippen molar-refractivity contribution in [3.8, 4) is 0 Å². The van der Waals surface area contributed by atoms with Crippen LogP contribution in [0.25, 0.3) is 0 Å². The van der Waals surface area contributed by atoms with Crippen molar-refractivity contribution >= 4 is 59.7 Å². The molecule has 0 heterocycles. The van der Waals surface area contributed by atoms with Crippen molar-refractivity contribution in [3.05, 3.63) is 87.9 Å². The number of halogens is 3. The predicted molar refractivity (Wildman–Crippen MR) is 202 cm³/mol. The molecule has 0 aliphatic rings. The molecule has 0 saturated carbocycles. The molecule has 0 amide bonds. The number of phosphoric acid groups is 1. The van der Waals surface area contributed by atoms with Crippen molar-refractivity contribution in [2.75, 3.05) is 58.9 Å². The summed E-state index contributed by atoms with van der Waals surface area (Å²) in [5, 5.41) is 2.66. The van der Waals surface area contributed by atoms with Crippen molar-refractivity contribution < 1.29 is 19.2 Å². The Morgan fingerprint density at radius 3 is 0.702 bits per heavy atom. The van der Waals surface area contributed by atoms with E-state index in [0.29, 0.717) is 0 Å². The normalized spacial score (nSPS) is 11.7. The Morgan fingerprint density at radius 1 is 0.426 bits per heavy atom. The molecule has 266 valence electrons. The minimum Gasteiger partial charge on any atom is -0.822 e. The van der Waals surface area contributed by atoms with Crippen molar-refractivity contribution in [1.29, 1.82) is 0 Å². The zero-order valence-corrected chi connectivity index (χ0v) is 33.0. The second kappa shape index (κ2) is 22.3. The van der Waals surface area contributed by atoms with Crippen LogP contribution >= 0.6 is 42.6 Å². The van der Waals surface area contributed by atoms with Crippen LogP contribution in [-0.4, -0.2) is 58.9 Å². The summed E-state index contributed by atoms with van der Waals surface area (Å²) < 4.78 is 11.5. The quantitative estimate of drug-likeness (QED) is 0.139. The van der Waals surface area contributed by atoms with E-state index in [9.17, 15) is 0 Å². The number of benzene rings is 3. The van der Waals surface area contributed by atoms with Crippen molar-refractivity contribution in [3.63, 3.8) is 0 Å². The summed E-state index contributed by atoms with van der Waals surface area (Å²) in [4.78, 5) is 25.6. The average Bonchev–Trinajstić information content (AvgIpc) is 3.06. The molecule has 0 fully saturated rings. The van der Waals surface area contributed by atoms with Gasteiger partial charge in [0.25, 0.3) is 0 Å². The number of hydrogen-bond donors (Lipinski definition) is 0. The number of nitrogens with zero attached hydrogens (tertiary/aromatic N) is 3. The highest BCUT2D eigenvalue weighted by Crippen LogP contribution is 2.32. The van der Waals surface area contributed by atoms with Crippen molar-refractivity contribution in [2.24, 2.45) is 0 Å². The number of quaternary nitrogens is 3. The van der Waals surface area contributed by atoms with Gasteiger partial charge in [0.05, 0.1) is 58.9 Å². The highest BCUT2D eigenvalue weighted by Gasteiger charge is 2.28. The summed E-state index contributed by atoms with van der Waals surface area (Å²) in [5.74, 6) is 0.